The topological polar surface area (TPSA) is 78.9 Å². The number of carbonyl (C=O) groups excluding carboxylic acids is 3. The normalized spacial score (nSPS) is 12.5. The predicted octanol–water partition coefficient (Wildman–Crippen LogP) is 25.2. The summed E-state index contributed by atoms with van der Waals surface area (Å²) in [5.74, 6) is -0.880. The second-order valence-corrected chi connectivity index (χ2v) is 24.5. The highest BCUT2D eigenvalue weighted by Crippen LogP contribution is 2.19. The van der Waals surface area contributed by atoms with E-state index in [0.717, 1.165) is 109 Å². The van der Waals surface area contributed by atoms with Gasteiger partial charge in [0.2, 0.25) is 0 Å². The predicted molar refractivity (Wildman–Crippen MR) is 362 cm³/mol. The molecule has 1 atom stereocenters. The average Bonchev–Trinajstić information content (AvgIpc) is 3.50. The Labute approximate surface area is 516 Å². The number of unbranched alkanes of at least 4 members (excludes halogenated alkanes) is 44. The molecule has 0 fully saturated rings. The van der Waals surface area contributed by atoms with Crippen LogP contribution in [-0.2, 0) is 28.6 Å². The number of esters is 3. The smallest absolute Gasteiger partial charge is 0.306 e. The molecule has 482 valence electrons. The maximum absolute atomic E-state index is 13.0. The molecule has 83 heavy (non-hydrogen) atoms. The Morgan fingerprint density at radius 2 is 0.470 bits per heavy atom. The van der Waals surface area contributed by atoms with E-state index >= 15 is 0 Å². The summed E-state index contributed by atoms with van der Waals surface area (Å²) in [6, 6.07) is 0. The Hall–Kier alpha value is -3.15. The van der Waals surface area contributed by atoms with Crippen molar-refractivity contribution in [2.24, 2.45) is 0 Å². The van der Waals surface area contributed by atoms with Gasteiger partial charge in [0.1, 0.15) is 13.2 Å². The van der Waals surface area contributed by atoms with Crippen molar-refractivity contribution in [2.75, 3.05) is 13.2 Å². The molecule has 0 aliphatic rings. The van der Waals surface area contributed by atoms with E-state index in [1.54, 1.807) is 0 Å². The minimum atomic E-state index is -0.789. The van der Waals surface area contributed by atoms with Crippen LogP contribution in [0.15, 0.2) is 72.9 Å². The van der Waals surface area contributed by atoms with E-state index in [4.69, 9.17) is 14.2 Å². The number of allylic oxidation sites excluding steroid dienone is 12. The summed E-state index contributed by atoms with van der Waals surface area (Å²) in [6.07, 6.45) is 93.6. The van der Waals surface area contributed by atoms with Crippen molar-refractivity contribution in [3.8, 4) is 0 Å². The number of hydrogen-bond donors (Lipinski definition) is 0. The third-order valence-corrected chi connectivity index (χ3v) is 16.2. The van der Waals surface area contributed by atoms with Crippen molar-refractivity contribution in [1.29, 1.82) is 0 Å². The fraction of sp³-hybridized carbons (Fsp3) is 0.805. The molecule has 0 heterocycles. The summed E-state index contributed by atoms with van der Waals surface area (Å²) >= 11 is 0. The number of hydrogen-bond acceptors (Lipinski definition) is 6. The monoisotopic (exact) mass is 1160 g/mol. The van der Waals surface area contributed by atoms with Crippen LogP contribution in [-0.4, -0.2) is 37.2 Å². The highest BCUT2D eigenvalue weighted by atomic mass is 16.6. The van der Waals surface area contributed by atoms with Crippen LogP contribution in [0.25, 0.3) is 0 Å². The van der Waals surface area contributed by atoms with Crippen molar-refractivity contribution in [3.05, 3.63) is 72.9 Å². The fourth-order valence-electron chi connectivity index (χ4n) is 10.8. The van der Waals surface area contributed by atoms with Crippen molar-refractivity contribution in [2.45, 2.75) is 386 Å². The van der Waals surface area contributed by atoms with Gasteiger partial charge in [0.15, 0.2) is 6.10 Å². The lowest BCUT2D eigenvalue weighted by Gasteiger charge is -2.18. The summed E-state index contributed by atoms with van der Waals surface area (Å²) < 4.78 is 17.0. The Morgan fingerprint density at radius 1 is 0.253 bits per heavy atom. The Kier molecular flexibility index (Phi) is 68.6. The molecule has 0 aromatic heterocycles. The van der Waals surface area contributed by atoms with Gasteiger partial charge in [-0.3, -0.25) is 14.4 Å². The van der Waals surface area contributed by atoms with Crippen LogP contribution in [0.4, 0.5) is 0 Å². The minimum absolute atomic E-state index is 0.0810. The summed E-state index contributed by atoms with van der Waals surface area (Å²) in [6.45, 7) is 6.58. The van der Waals surface area contributed by atoms with Gasteiger partial charge in [0, 0.05) is 19.3 Å². The zero-order valence-electron chi connectivity index (χ0n) is 55.5. The maximum Gasteiger partial charge on any atom is 0.306 e. The van der Waals surface area contributed by atoms with Crippen molar-refractivity contribution >= 4 is 17.9 Å². The molecule has 6 heteroatoms. The minimum Gasteiger partial charge on any atom is -0.462 e. The summed E-state index contributed by atoms with van der Waals surface area (Å²) in [4.78, 5) is 38.5. The van der Waals surface area contributed by atoms with E-state index in [-0.39, 0.29) is 31.1 Å². The SMILES string of the molecule is CC/C=C\C/C=C\C/C=C\C/C=C\C/C=C\C/C=C\CCCCCCC(=O)OC(COC(=O)CCCCCCCCCCCCCCCCCC)COC(=O)CCCCCCCCCCCCCCCCCCCCCCCCCCCC. The van der Waals surface area contributed by atoms with Gasteiger partial charge in [-0.25, -0.2) is 0 Å². The first-order valence-electron chi connectivity index (χ1n) is 36.4. The second kappa shape index (κ2) is 71.3. The lowest BCUT2D eigenvalue weighted by atomic mass is 10.0. The summed E-state index contributed by atoms with van der Waals surface area (Å²) in [5, 5.41) is 0. The van der Waals surface area contributed by atoms with E-state index in [0.29, 0.717) is 19.3 Å². The first kappa shape index (κ1) is 79.8. The molecule has 0 aliphatic heterocycles. The third-order valence-electron chi connectivity index (χ3n) is 16.2. The largest absolute Gasteiger partial charge is 0.462 e. The van der Waals surface area contributed by atoms with Crippen LogP contribution in [0, 0.1) is 0 Å². The van der Waals surface area contributed by atoms with Crippen molar-refractivity contribution in [3.63, 3.8) is 0 Å². The third kappa shape index (κ3) is 69.5. The van der Waals surface area contributed by atoms with Crippen LogP contribution in [0.1, 0.15) is 380 Å². The van der Waals surface area contributed by atoms with E-state index < -0.39 is 6.10 Å². The summed E-state index contributed by atoms with van der Waals surface area (Å²) in [5.41, 5.74) is 0. The Morgan fingerprint density at radius 3 is 0.735 bits per heavy atom. The molecule has 0 amide bonds. The van der Waals surface area contributed by atoms with Gasteiger partial charge in [0.25, 0.3) is 0 Å². The highest BCUT2D eigenvalue weighted by molar-refractivity contribution is 5.71. The van der Waals surface area contributed by atoms with E-state index in [1.165, 1.54) is 231 Å². The van der Waals surface area contributed by atoms with E-state index in [2.05, 4.69) is 93.7 Å². The zero-order valence-corrected chi connectivity index (χ0v) is 55.5. The maximum atomic E-state index is 13.0. The molecule has 0 saturated carbocycles. The molecule has 0 bridgehead atoms. The van der Waals surface area contributed by atoms with Gasteiger partial charge >= 0.3 is 17.9 Å². The van der Waals surface area contributed by atoms with Gasteiger partial charge in [-0.05, 0) is 70.6 Å². The lowest BCUT2D eigenvalue weighted by Crippen LogP contribution is -2.30. The fourth-order valence-corrected chi connectivity index (χ4v) is 10.8. The van der Waals surface area contributed by atoms with Gasteiger partial charge in [-0.1, -0.05) is 363 Å². The zero-order chi connectivity index (χ0) is 59.9. The van der Waals surface area contributed by atoms with Gasteiger partial charge in [-0.2, -0.15) is 0 Å². The molecule has 0 N–H and O–H groups in total. The molecule has 0 saturated heterocycles. The van der Waals surface area contributed by atoms with Gasteiger partial charge in [-0.15, -0.1) is 0 Å². The lowest BCUT2D eigenvalue weighted by molar-refractivity contribution is -0.167. The van der Waals surface area contributed by atoms with Crippen LogP contribution in [0.2, 0.25) is 0 Å². The number of rotatable bonds is 67. The molecule has 0 spiro atoms. The van der Waals surface area contributed by atoms with Crippen LogP contribution >= 0.6 is 0 Å². The molecule has 6 nitrogen and oxygen atoms in total. The van der Waals surface area contributed by atoms with Gasteiger partial charge < -0.3 is 14.2 Å². The quantitative estimate of drug-likeness (QED) is 0.0261. The molecule has 0 aromatic rings. The van der Waals surface area contributed by atoms with Crippen molar-refractivity contribution < 1.29 is 28.6 Å². The summed E-state index contributed by atoms with van der Waals surface area (Å²) in [7, 11) is 0. The van der Waals surface area contributed by atoms with Crippen LogP contribution in [0.5, 0.6) is 0 Å². The highest BCUT2D eigenvalue weighted by Gasteiger charge is 2.19. The van der Waals surface area contributed by atoms with Crippen molar-refractivity contribution in [1.82, 2.24) is 0 Å². The molecule has 0 radical (unpaired) electrons. The van der Waals surface area contributed by atoms with Crippen LogP contribution < -0.4 is 0 Å². The Bertz CT molecular complexity index is 1520. The first-order chi connectivity index (χ1) is 41.0. The molecule has 1 unspecified atom stereocenters. The molecule has 0 aliphatic carbocycles. The van der Waals surface area contributed by atoms with Gasteiger partial charge in [0.05, 0.1) is 0 Å². The molecule has 0 rings (SSSR count). The number of ether oxygens (including phenoxy) is 3. The van der Waals surface area contributed by atoms with E-state index in [9.17, 15) is 14.4 Å². The van der Waals surface area contributed by atoms with E-state index in [1.807, 2.05) is 0 Å². The Balaban J connectivity index is 4.33. The molecular formula is C77H138O6. The first-order valence-corrected chi connectivity index (χ1v) is 36.4. The van der Waals surface area contributed by atoms with Crippen LogP contribution in [0.3, 0.4) is 0 Å². The average molecular weight is 1160 g/mol. The number of carbonyl (C=O) groups is 3. The molecular weight excluding hydrogens is 1020 g/mol. The second-order valence-electron chi connectivity index (χ2n) is 24.5. The standard InChI is InChI=1S/C77H138O6/c1-4-7-10-13-16-19-22-25-28-31-33-35-37-38-39-41-42-44-46-49-52-55-58-61-64-67-70-76(79)82-73-74(72-81-75(78)69-66-63-60-57-54-51-48-30-27-24-21-18-15-12-9-6-3)83-77(80)71-68-65-62-59-56-53-50-47-45-43-40-36-34-32-29-26-23-20-17-14-11-8-5-2/h8,11,17,20,26,29,34,36,43,45,50,53,74H,4-7,9-10,12-16,18-19,21-25,27-28,30-33,35,37-42,44,46-49,51-52,54-73H2,1-3H3/b11-8-,20-17-,29-26-,36-34-,45-43-,53-50-. The molecule has 0 aromatic carbocycles.